The first kappa shape index (κ1) is 15.4. The molecule has 1 fully saturated rings. The van der Waals surface area contributed by atoms with Gasteiger partial charge in [0.2, 0.25) is 0 Å². The zero-order valence-electron chi connectivity index (χ0n) is 12.7. The number of nitrogens with zero attached hydrogens (tertiary/aromatic N) is 3. The Morgan fingerprint density at radius 2 is 1.96 bits per heavy atom. The van der Waals surface area contributed by atoms with Crippen molar-refractivity contribution in [3.05, 3.63) is 29.5 Å². The van der Waals surface area contributed by atoms with Crippen LogP contribution in [0.4, 0.5) is 4.79 Å². The molecule has 0 radical (unpaired) electrons. The second kappa shape index (κ2) is 5.96. The van der Waals surface area contributed by atoms with Crippen molar-refractivity contribution < 1.29 is 18.8 Å². The Labute approximate surface area is 136 Å². The molecule has 2 aromatic rings. The number of carbonyl (C=O) groups excluding carboxylic acids is 3. The highest BCUT2D eigenvalue weighted by Crippen LogP contribution is 2.25. The molecule has 2 aromatic heterocycles. The summed E-state index contributed by atoms with van der Waals surface area (Å²) in [6.45, 7) is 3.97. The quantitative estimate of drug-likeness (QED) is 0.619. The highest BCUT2D eigenvalue weighted by molar-refractivity contribution is 7.13. The van der Waals surface area contributed by atoms with Gasteiger partial charge in [0.25, 0.3) is 0 Å². The average molecular weight is 333 g/mol. The van der Waals surface area contributed by atoms with E-state index in [0.717, 1.165) is 9.80 Å². The summed E-state index contributed by atoms with van der Waals surface area (Å²) in [6.07, 6.45) is 1.55. The van der Waals surface area contributed by atoms with Gasteiger partial charge in [-0.05, 0) is 18.1 Å². The number of hydrogen-bond donors (Lipinski definition) is 0. The molecule has 0 bridgehead atoms. The molecule has 0 aliphatic carbocycles. The number of hydrogen-bond acceptors (Lipinski definition) is 6. The molecule has 3 heterocycles. The average Bonchev–Trinajstić information content (AvgIpc) is 3.21. The Bertz CT molecular complexity index is 751. The van der Waals surface area contributed by atoms with Gasteiger partial charge in [-0.3, -0.25) is 14.5 Å². The van der Waals surface area contributed by atoms with Crippen LogP contribution in [0.1, 0.15) is 19.5 Å². The standard InChI is InChI=1S/C15H15N3O4S/c1-9(2)6-17-13(19)14(20)18(15(17)21)7-10-8-23-12(16-10)11-4-3-5-22-11/h3-5,8-9H,6-7H2,1-2H3. The molecule has 7 nitrogen and oxygen atoms in total. The van der Waals surface area contributed by atoms with Crippen molar-refractivity contribution >= 4 is 29.2 Å². The van der Waals surface area contributed by atoms with Gasteiger partial charge in [0.05, 0.1) is 18.5 Å². The first-order valence-electron chi connectivity index (χ1n) is 7.13. The van der Waals surface area contributed by atoms with Gasteiger partial charge >= 0.3 is 17.8 Å². The van der Waals surface area contributed by atoms with Crippen LogP contribution in [0.5, 0.6) is 0 Å². The SMILES string of the molecule is CC(C)CN1C(=O)C(=O)N(Cc2csc(-c3ccco3)n2)C1=O. The van der Waals surface area contributed by atoms with Crippen LogP contribution >= 0.6 is 11.3 Å². The Morgan fingerprint density at radius 1 is 1.22 bits per heavy atom. The van der Waals surface area contributed by atoms with Gasteiger partial charge in [0.15, 0.2) is 10.8 Å². The van der Waals surface area contributed by atoms with Crippen LogP contribution in [0.15, 0.2) is 28.2 Å². The van der Waals surface area contributed by atoms with E-state index in [2.05, 4.69) is 4.98 Å². The molecule has 0 unspecified atom stereocenters. The number of imide groups is 2. The molecule has 0 N–H and O–H groups in total. The van der Waals surface area contributed by atoms with Crippen molar-refractivity contribution in [3.63, 3.8) is 0 Å². The molecule has 120 valence electrons. The minimum Gasteiger partial charge on any atom is -0.462 e. The Morgan fingerprint density at radius 3 is 2.61 bits per heavy atom. The van der Waals surface area contributed by atoms with Crippen molar-refractivity contribution in [2.45, 2.75) is 20.4 Å². The molecule has 1 aliphatic rings. The zero-order valence-corrected chi connectivity index (χ0v) is 13.5. The lowest BCUT2D eigenvalue weighted by Crippen LogP contribution is -2.35. The van der Waals surface area contributed by atoms with Gasteiger partial charge in [-0.1, -0.05) is 13.8 Å². The van der Waals surface area contributed by atoms with E-state index >= 15 is 0 Å². The van der Waals surface area contributed by atoms with E-state index in [9.17, 15) is 14.4 Å². The molecule has 23 heavy (non-hydrogen) atoms. The molecule has 0 aromatic carbocycles. The fourth-order valence-corrected chi connectivity index (χ4v) is 3.05. The summed E-state index contributed by atoms with van der Waals surface area (Å²) >= 11 is 1.35. The first-order chi connectivity index (χ1) is 11.0. The molecule has 0 spiro atoms. The number of carbonyl (C=O) groups is 3. The highest BCUT2D eigenvalue weighted by Gasteiger charge is 2.44. The van der Waals surface area contributed by atoms with Crippen molar-refractivity contribution in [1.82, 2.24) is 14.8 Å². The maximum absolute atomic E-state index is 12.3. The third kappa shape index (κ3) is 2.89. The lowest BCUT2D eigenvalue weighted by Gasteiger charge is -2.16. The number of urea groups is 1. The summed E-state index contributed by atoms with van der Waals surface area (Å²) in [7, 11) is 0. The lowest BCUT2D eigenvalue weighted by atomic mass is 10.2. The van der Waals surface area contributed by atoms with E-state index in [1.54, 1.807) is 23.8 Å². The smallest absolute Gasteiger partial charge is 0.334 e. The van der Waals surface area contributed by atoms with E-state index in [0.29, 0.717) is 16.5 Å². The fraction of sp³-hybridized carbons (Fsp3) is 0.333. The van der Waals surface area contributed by atoms with Crippen LogP contribution in [-0.2, 0) is 16.1 Å². The molecule has 4 amide bonds. The van der Waals surface area contributed by atoms with Crippen LogP contribution in [0.25, 0.3) is 10.8 Å². The highest BCUT2D eigenvalue weighted by atomic mass is 32.1. The third-order valence-corrected chi connectivity index (χ3v) is 4.19. The first-order valence-corrected chi connectivity index (χ1v) is 8.01. The molecule has 0 atom stereocenters. The monoisotopic (exact) mass is 333 g/mol. The van der Waals surface area contributed by atoms with Crippen LogP contribution in [0, 0.1) is 5.92 Å². The van der Waals surface area contributed by atoms with Crippen LogP contribution in [0.3, 0.4) is 0 Å². The van der Waals surface area contributed by atoms with Gasteiger partial charge in [-0.2, -0.15) is 0 Å². The predicted molar refractivity (Wildman–Crippen MR) is 82.3 cm³/mol. The number of aromatic nitrogens is 1. The van der Waals surface area contributed by atoms with Gasteiger partial charge in [-0.15, -0.1) is 11.3 Å². The topological polar surface area (TPSA) is 83.7 Å². The van der Waals surface area contributed by atoms with Gasteiger partial charge in [0, 0.05) is 11.9 Å². The molecular formula is C15H15N3O4S. The zero-order chi connectivity index (χ0) is 16.6. The number of amides is 4. The van der Waals surface area contributed by atoms with Crippen LogP contribution in [-0.4, -0.2) is 39.2 Å². The number of furan rings is 1. The second-order valence-corrected chi connectivity index (χ2v) is 6.46. The number of rotatable bonds is 5. The van der Waals surface area contributed by atoms with E-state index in [1.165, 1.54) is 11.3 Å². The molecule has 1 aliphatic heterocycles. The Hall–Kier alpha value is -2.48. The van der Waals surface area contributed by atoms with E-state index in [1.807, 2.05) is 13.8 Å². The molecule has 8 heteroatoms. The minimum atomic E-state index is -0.803. The molecule has 0 saturated carbocycles. The van der Waals surface area contributed by atoms with Gasteiger partial charge in [0.1, 0.15) is 0 Å². The number of thiazole rings is 1. The van der Waals surface area contributed by atoms with E-state index in [4.69, 9.17) is 4.42 Å². The molecule has 3 rings (SSSR count). The second-order valence-electron chi connectivity index (χ2n) is 5.60. The van der Waals surface area contributed by atoms with Crippen LogP contribution < -0.4 is 0 Å². The van der Waals surface area contributed by atoms with Crippen molar-refractivity contribution in [3.8, 4) is 10.8 Å². The largest absolute Gasteiger partial charge is 0.462 e. The molecular weight excluding hydrogens is 318 g/mol. The minimum absolute atomic E-state index is 0.0186. The summed E-state index contributed by atoms with van der Waals surface area (Å²) in [5, 5.41) is 2.41. The van der Waals surface area contributed by atoms with Crippen molar-refractivity contribution in [2.24, 2.45) is 5.92 Å². The van der Waals surface area contributed by atoms with Gasteiger partial charge in [-0.25, -0.2) is 14.7 Å². The van der Waals surface area contributed by atoms with Crippen LogP contribution in [0.2, 0.25) is 0 Å². The summed E-state index contributed by atoms with van der Waals surface area (Å²) < 4.78 is 5.26. The van der Waals surface area contributed by atoms with E-state index in [-0.39, 0.29) is 19.0 Å². The van der Waals surface area contributed by atoms with Crippen molar-refractivity contribution in [1.29, 1.82) is 0 Å². The summed E-state index contributed by atoms with van der Waals surface area (Å²) in [4.78, 5) is 42.5. The predicted octanol–water partition coefficient (Wildman–Crippen LogP) is 2.35. The summed E-state index contributed by atoms with van der Waals surface area (Å²) in [5.41, 5.74) is 0.544. The lowest BCUT2D eigenvalue weighted by molar-refractivity contribution is -0.143. The molecule has 1 saturated heterocycles. The summed E-state index contributed by atoms with van der Waals surface area (Å²) in [5.74, 6) is -0.855. The Kier molecular flexibility index (Phi) is 3.99. The maximum Gasteiger partial charge on any atom is 0.334 e. The normalized spacial score (nSPS) is 15.3. The van der Waals surface area contributed by atoms with E-state index < -0.39 is 17.8 Å². The third-order valence-electron chi connectivity index (χ3n) is 3.29. The van der Waals surface area contributed by atoms with Crippen molar-refractivity contribution in [2.75, 3.05) is 6.54 Å². The van der Waals surface area contributed by atoms with Gasteiger partial charge < -0.3 is 4.42 Å². The summed E-state index contributed by atoms with van der Waals surface area (Å²) in [6, 6.07) is 2.95. The maximum atomic E-state index is 12.3. The fourth-order valence-electron chi connectivity index (χ4n) is 2.27. The Balaban J connectivity index is 1.76.